The van der Waals surface area contributed by atoms with Crippen LogP contribution in [0.25, 0.3) is 22.0 Å². The average Bonchev–Trinajstić information content (AvgIpc) is 3.20. The lowest BCUT2D eigenvalue weighted by molar-refractivity contribution is -0.137. The van der Waals surface area contributed by atoms with Crippen LogP contribution in [0.5, 0.6) is 5.75 Å². The molecular formula is C27H27F3N2O. The van der Waals surface area contributed by atoms with Crippen LogP contribution < -0.4 is 10.1 Å². The summed E-state index contributed by atoms with van der Waals surface area (Å²) in [7, 11) is 1.65. The summed E-state index contributed by atoms with van der Waals surface area (Å²) in [6.45, 7) is 5.49. The Morgan fingerprint density at radius 1 is 1.00 bits per heavy atom. The van der Waals surface area contributed by atoms with Gasteiger partial charge in [-0.3, -0.25) is 0 Å². The molecule has 0 aliphatic rings. The van der Waals surface area contributed by atoms with Crippen LogP contribution in [0, 0.1) is 0 Å². The number of hydrogen-bond acceptors (Lipinski definition) is 2. The SMILES string of the molecule is CCn1cc(-c2cccc(C(F)(F)F)c2)c2cc(CN[C@H](C)c3cccc(OC)c3)ccc21. The molecule has 1 atom stereocenters. The second-order valence-electron chi connectivity index (χ2n) is 8.14. The minimum atomic E-state index is -4.37. The van der Waals surface area contributed by atoms with Gasteiger partial charge in [0.2, 0.25) is 0 Å². The molecule has 0 saturated heterocycles. The number of alkyl halides is 3. The molecule has 4 aromatic rings. The Morgan fingerprint density at radius 2 is 1.79 bits per heavy atom. The van der Waals surface area contributed by atoms with Gasteiger partial charge in [-0.15, -0.1) is 0 Å². The van der Waals surface area contributed by atoms with E-state index in [1.165, 1.54) is 12.1 Å². The Kier molecular flexibility index (Phi) is 6.47. The quantitative estimate of drug-likeness (QED) is 0.321. The molecule has 33 heavy (non-hydrogen) atoms. The predicted molar refractivity (Wildman–Crippen MR) is 126 cm³/mol. The van der Waals surface area contributed by atoms with Crippen LogP contribution in [-0.2, 0) is 19.3 Å². The maximum atomic E-state index is 13.3. The van der Waals surface area contributed by atoms with Gasteiger partial charge in [0.15, 0.2) is 0 Å². The van der Waals surface area contributed by atoms with Crippen molar-refractivity contribution in [2.75, 3.05) is 7.11 Å². The lowest BCUT2D eigenvalue weighted by Crippen LogP contribution is -2.18. The van der Waals surface area contributed by atoms with Gasteiger partial charge >= 0.3 is 6.18 Å². The third-order valence-electron chi connectivity index (χ3n) is 5.99. The summed E-state index contributed by atoms with van der Waals surface area (Å²) in [4.78, 5) is 0. The van der Waals surface area contributed by atoms with Crippen LogP contribution in [-0.4, -0.2) is 11.7 Å². The van der Waals surface area contributed by atoms with E-state index >= 15 is 0 Å². The first kappa shape index (κ1) is 22.9. The van der Waals surface area contributed by atoms with Crippen molar-refractivity contribution in [2.45, 2.75) is 39.2 Å². The predicted octanol–water partition coefficient (Wildman–Crippen LogP) is 7.21. The zero-order valence-electron chi connectivity index (χ0n) is 18.9. The molecule has 0 bridgehead atoms. The van der Waals surface area contributed by atoms with Crippen LogP contribution >= 0.6 is 0 Å². The first-order valence-electron chi connectivity index (χ1n) is 11.0. The second kappa shape index (κ2) is 9.32. The summed E-state index contributed by atoms with van der Waals surface area (Å²) in [5, 5.41) is 4.48. The molecule has 0 amide bonds. The van der Waals surface area contributed by atoms with Gasteiger partial charge in [0, 0.05) is 41.8 Å². The highest BCUT2D eigenvalue weighted by Gasteiger charge is 2.30. The highest BCUT2D eigenvalue weighted by molar-refractivity contribution is 5.96. The van der Waals surface area contributed by atoms with Gasteiger partial charge in [0.1, 0.15) is 5.75 Å². The van der Waals surface area contributed by atoms with E-state index in [1.807, 2.05) is 37.4 Å². The van der Waals surface area contributed by atoms with Crippen LogP contribution in [0.2, 0.25) is 0 Å². The Hall–Kier alpha value is -3.25. The van der Waals surface area contributed by atoms with E-state index < -0.39 is 11.7 Å². The molecule has 0 aliphatic carbocycles. The van der Waals surface area contributed by atoms with Crippen molar-refractivity contribution in [1.29, 1.82) is 0 Å². The fraction of sp³-hybridized carbons (Fsp3) is 0.259. The topological polar surface area (TPSA) is 26.2 Å². The number of halogens is 3. The fourth-order valence-electron chi connectivity index (χ4n) is 4.11. The fourth-order valence-corrected chi connectivity index (χ4v) is 4.11. The van der Waals surface area contributed by atoms with Crippen LogP contribution in [0.15, 0.2) is 72.9 Å². The number of benzene rings is 3. The first-order chi connectivity index (χ1) is 15.8. The van der Waals surface area contributed by atoms with Crippen molar-refractivity contribution in [3.63, 3.8) is 0 Å². The lowest BCUT2D eigenvalue weighted by atomic mass is 10.0. The standard InChI is InChI=1S/C27H27F3N2O/c1-4-32-17-25(21-8-5-9-22(14-21)27(28,29)30)24-13-19(11-12-26(24)32)16-31-18(2)20-7-6-10-23(15-20)33-3/h5-15,17-18,31H,4,16H2,1-3H3/t18-/m1/s1. The smallest absolute Gasteiger partial charge is 0.416 e. The number of hydrogen-bond donors (Lipinski definition) is 1. The van der Waals surface area contributed by atoms with Crippen molar-refractivity contribution in [3.05, 3.63) is 89.6 Å². The number of nitrogens with one attached hydrogen (secondary N) is 1. The van der Waals surface area contributed by atoms with Gasteiger partial charge in [-0.25, -0.2) is 0 Å². The molecule has 0 aliphatic heterocycles. The van der Waals surface area contributed by atoms with Crippen LogP contribution in [0.3, 0.4) is 0 Å². The third kappa shape index (κ3) is 4.91. The Bertz CT molecular complexity index is 1260. The molecule has 172 valence electrons. The molecule has 0 unspecified atom stereocenters. The lowest BCUT2D eigenvalue weighted by Gasteiger charge is -2.15. The highest BCUT2D eigenvalue weighted by atomic mass is 19.4. The molecule has 3 aromatic carbocycles. The summed E-state index contributed by atoms with van der Waals surface area (Å²) in [5.41, 5.74) is 3.94. The van der Waals surface area contributed by atoms with Crippen molar-refractivity contribution in [2.24, 2.45) is 0 Å². The number of aryl methyl sites for hydroxylation is 1. The molecule has 4 rings (SSSR count). The Labute approximate surface area is 191 Å². The molecule has 1 N–H and O–H groups in total. The van der Waals surface area contributed by atoms with E-state index in [4.69, 9.17) is 4.74 Å². The summed E-state index contributed by atoms with van der Waals surface area (Å²) in [6, 6.07) is 19.8. The maximum Gasteiger partial charge on any atom is 0.416 e. The normalized spacial score (nSPS) is 12.8. The minimum absolute atomic E-state index is 0.110. The van der Waals surface area contributed by atoms with Crippen molar-refractivity contribution >= 4 is 10.9 Å². The first-order valence-corrected chi connectivity index (χ1v) is 11.0. The van der Waals surface area contributed by atoms with E-state index in [-0.39, 0.29) is 6.04 Å². The summed E-state index contributed by atoms with van der Waals surface area (Å²) >= 11 is 0. The molecule has 0 spiro atoms. The van der Waals surface area contributed by atoms with Gasteiger partial charge in [-0.05, 0) is 66.9 Å². The van der Waals surface area contributed by atoms with E-state index in [0.29, 0.717) is 12.1 Å². The number of fused-ring (bicyclic) bond motifs is 1. The molecular weight excluding hydrogens is 425 g/mol. The summed E-state index contributed by atoms with van der Waals surface area (Å²) < 4.78 is 47.2. The van der Waals surface area contributed by atoms with Gasteiger partial charge in [0.25, 0.3) is 0 Å². The highest BCUT2D eigenvalue weighted by Crippen LogP contribution is 2.36. The van der Waals surface area contributed by atoms with E-state index in [2.05, 4.69) is 35.0 Å². The minimum Gasteiger partial charge on any atom is -0.497 e. The molecule has 6 heteroatoms. The van der Waals surface area contributed by atoms with Crippen molar-refractivity contribution < 1.29 is 17.9 Å². The average molecular weight is 453 g/mol. The molecule has 0 saturated carbocycles. The van der Waals surface area contributed by atoms with E-state index in [1.54, 1.807) is 13.2 Å². The van der Waals surface area contributed by atoms with Gasteiger partial charge < -0.3 is 14.6 Å². The largest absolute Gasteiger partial charge is 0.497 e. The zero-order chi connectivity index (χ0) is 23.6. The number of ether oxygens (including phenoxy) is 1. The van der Waals surface area contributed by atoms with Crippen molar-refractivity contribution in [1.82, 2.24) is 9.88 Å². The maximum absolute atomic E-state index is 13.3. The third-order valence-corrected chi connectivity index (χ3v) is 5.99. The number of rotatable bonds is 7. The van der Waals surface area contributed by atoms with Crippen LogP contribution in [0.4, 0.5) is 13.2 Å². The molecule has 1 heterocycles. The molecule has 0 radical (unpaired) electrons. The molecule has 0 fully saturated rings. The Balaban J connectivity index is 1.64. The molecule has 1 aromatic heterocycles. The van der Waals surface area contributed by atoms with Crippen LogP contribution in [0.1, 0.15) is 36.6 Å². The van der Waals surface area contributed by atoms with Crippen molar-refractivity contribution in [3.8, 4) is 16.9 Å². The Morgan fingerprint density at radius 3 is 2.52 bits per heavy atom. The number of aromatic nitrogens is 1. The zero-order valence-corrected chi connectivity index (χ0v) is 18.9. The van der Waals surface area contributed by atoms with E-state index in [9.17, 15) is 13.2 Å². The molecule has 3 nitrogen and oxygen atoms in total. The second-order valence-corrected chi connectivity index (χ2v) is 8.14. The summed E-state index contributed by atoms with van der Waals surface area (Å²) in [6.07, 6.45) is -2.43. The van der Waals surface area contributed by atoms with E-state index in [0.717, 1.165) is 46.0 Å². The number of methoxy groups -OCH3 is 1. The number of nitrogens with zero attached hydrogens (tertiary/aromatic N) is 1. The van der Waals surface area contributed by atoms with Gasteiger partial charge in [0.05, 0.1) is 12.7 Å². The monoisotopic (exact) mass is 452 g/mol. The van der Waals surface area contributed by atoms with Gasteiger partial charge in [-0.2, -0.15) is 13.2 Å². The summed E-state index contributed by atoms with van der Waals surface area (Å²) in [5.74, 6) is 0.814. The van der Waals surface area contributed by atoms with Gasteiger partial charge in [-0.1, -0.05) is 30.3 Å².